The summed E-state index contributed by atoms with van der Waals surface area (Å²) < 4.78 is 18.9. The van der Waals surface area contributed by atoms with Crippen molar-refractivity contribution < 1.29 is 18.8 Å². The van der Waals surface area contributed by atoms with Gasteiger partial charge in [0.2, 0.25) is 0 Å². The zero-order chi connectivity index (χ0) is 24.4. The molecule has 34 heavy (non-hydrogen) atoms. The first kappa shape index (κ1) is 23.2. The van der Waals surface area contributed by atoms with Crippen LogP contribution in [-0.2, 0) is 15.3 Å². The largest absolute Gasteiger partial charge is 0.466 e. The number of aromatic amines is 1. The highest BCUT2D eigenvalue weighted by atomic mass is 32.2. The Morgan fingerprint density at radius 1 is 1.24 bits per heavy atom. The number of nitro benzene ring substituents is 1. The molecule has 0 amide bonds. The number of halogens is 1. The number of esters is 1. The Kier molecular flexibility index (Phi) is 6.46. The third-order valence-electron chi connectivity index (χ3n) is 5.39. The third-order valence-corrected chi connectivity index (χ3v) is 6.31. The van der Waals surface area contributed by atoms with Crippen LogP contribution in [0.5, 0.6) is 0 Å². The van der Waals surface area contributed by atoms with Crippen molar-refractivity contribution in [2.75, 3.05) is 12.4 Å². The number of hydrogen-bond donors (Lipinski definition) is 2. The molecule has 0 spiro atoms. The van der Waals surface area contributed by atoms with Gasteiger partial charge in [0.15, 0.2) is 5.16 Å². The van der Waals surface area contributed by atoms with Gasteiger partial charge in [-0.25, -0.2) is 14.2 Å². The van der Waals surface area contributed by atoms with E-state index in [4.69, 9.17) is 4.74 Å². The molecule has 3 aromatic rings. The van der Waals surface area contributed by atoms with Gasteiger partial charge in [0.1, 0.15) is 11.6 Å². The minimum Gasteiger partial charge on any atom is -0.466 e. The van der Waals surface area contributed by atoms with Crippen LogP contribution >= 0.6 is 11.8 Å². The summed E-state index contributed by atoms with van der Waals surface area (Å²) in [6, 6.07) is 11.9. The lowest BCUT2D eigenvalue weighted by molar-refractivity contribution is -0.384. The number of carbonyl (C=O) groups excluding carboxylic acids is 1. The quantitative estimate of drug-likeness (QED) is 0.177. The Bertz CT molecular complexity index is 1370. The van der Waals surface area contributed by atoms with Crippen LogP contribution in [0.1, 0.15) is 29.5 Å². The van der Waals surface area contributed by atoms with Crippen LogP contribution in [0.4, 0.5) is 15.9 Å². The van der Waals surface area contributed by atoms with Crippen molar-refractivity contribution in [3.8, 4) is 0 Å². The van der Waals surface area contributed by atoms with E-state index in [2.05, 4.69) is 15.3 Å². The Balaban J connectivity index is 1.77. The van der Waals surface area contributed by atoms with Crippen molar-refractivity contribution >= 4 is 29.2 Å². The number of carbonyl (C=O) groups is 1. The Morgan fingerprint density at radius 3 is 2.59 bits per heavy atom. The number of non-ortho nitro benzene ring substituents is 1. The molecular weight excluding hydrogens is 463 g/mol. The molecule has 4 rings (SSSR count). The molecule has 2 N–H and O–H groups in total. The molecular formula is C23H19FN4O5S. The van der Waals surface area contributed by atoms with E-state index in [0.29, 0.717) is 16.8 Å². The molecule has 11 heteroatoms. The van der Waals surface area contributed by atoms with Gasteiger partial charge in [0.25, 0.3) is 11.2 Å². The number of H-pyrrole nitrogens is 1. The number of nitrogens with one attached hydrogen (secondary N) is 2. The number of benzene rings is 2. The molecule has 1 aliphatic rings. The molecule has 1 aromatic heterocycles. The standard InChI is InChI=1S/C23H19FN4O5S/c1-12-17(22(30)33-2)18(13-7-9-15(10-8-13)28(31)32)19-20(25-12)26-23(27-21(19)29)34-11-14-5-3-4-6-16(14)24/h3-10,18H,11H2,1-2H3,(H2,25,26,27,29)/t18-/m0/s1. The zero-order valence-corrected chi connectivity index (χ0v) is 18.9. The summed E-state index contributed by atoms with van der Waals surface area (Å²) in [5, 5.41) is 14.3. The highest BCUT2D eigenvalue weighted by molar-refractivity contribution is 7.98. The topological polar surface area (TPSA) is 127 Å². The number of rotatable bonds is 6. The fraction of sp³-hybridized carbons (Fsp3) is 0.174. The third kappa shape index (κ3) is 4.42. The molecule has 0 unspecified atom stereocenters. The van der Waals surface area contributed by atoms with Gasteiger partial charge in [-0.2, -0.15) is 0 Å². The van der Waals surface area contributed by atoms with E-state index in [1.165, 1.54) is 37.4 Å². The Morgan fingerprint density at radius 2 is 1.94 bits per heavy atom. The molecule has 0 fully saturated rings. The van der Waals surface area contributed by atoms with E-state index < -0.39 is 22.4 Å². The molecule has 0 bridgehead atoms. The summed E-state index contributed by atoms with van der Waals surface area (Å²) in [4.78, 5) is 43.5. The number of allylic oxidation sites excluding steroid dienone is 1. The molecule has 0 saturated heterocycles. The Hall–Kier alpha value is -3.99. The second kappa shape index (κ2) is 9.48. The highest BCUT2D eigenvalue weighted by Crippen LogP contribution is 2.40. The summed E-state index contributed by atoms with van der Waals surface area (Å²) in [6.45, 7) is 1.66. The summed E-state index contributed by atoms with van der Waals surface area (Å²) in [7, 11) is 1.23. The predicted molar refractivity (Wildman–Crippen MR) is 124 cm³/mol. The summed E-state index contributed by atoms with van der Waals surface area (Å²) in [5.41, 5.74) is 1.15. The summed E-state index contributed by atoms with van der Waals surface area (Å²) in [5.74, 6) is -1.35. The molecule has 2 heterocycles. The minimum absolute atomic E-state index is 0.120. The van der Waals surface area contributed by atoms with E-state index in [9.17, 15) is 24.1 Å². The van der Waals surface area contributed by atoms with Gasteiger partial charge in [-0.05, 0) is 24.1 Å². The number of nitrogens with zero attached hydrogens (tertiary/aromatic N) is 2. The fourth-order valence-electron chi connectivity index (χ4n) is 3.76. The number of aromatic nitrogens is 2. The van der Waals surface area contributed by atoms with Crippen LogP contribution in [0.15, 0.2) is 69.8 Å². The van der Waals surface area contributed by atoms with Crippen LogP contribution < -0.4 is 10.9 Å². The number of anilines is 1. The number of methoxy groups -OCH3 is 1. The molecule has 0 aliphatic carbocycles. The van der Waals surface area contributed by atoms with Crippen LogP contribution in [0.3, 0.4) is 0 Å². The first-order chi connectivity index (χ1) is 16.3. The van der Waals surface area contributed by atoms with Gasteiger partial charge >= 0.3 is 5.97 Å². The number of thioether (sulfide) groups is 1. The first-order valence-corrected chi connectivity index (χ1v) is 11.1. The normalized spacial score (nSPS) is 14.9. The summed E-state index contributed by atoms with van der Waals surface area (Å²) >= 11 is 1.16. The van der Waals surface area contributed by atoms with E-state index in [1.807, 2.05) is 0 Å². The molecule has 9 nitrogen and oxygen atoms in total. The SMILES string of the molecule is COC(=O)C1=C(C)Nc2nc(SCc3ccccc3F)[nH]c(=O)c2[C@H]1c1ccc([N+](=O)[O-])cc1. The lowest BCUT2D eigenvalue weighted by Crippen LogP contribution is -2.31. The van der Waals surface area contributed by atoms with E-state index in [0.717, 1.165) is 11.8 Å². The van der Waals surface area contributed by atoms with Gasteiger partial charge in [-0.15, -0.1) is 0 Å². The lowest BCUT2D eigenvalue weighted by Gasteiger charge is -2.28. The van der Waals surface area contributed by atoms with Crippen LogP contribution in [0, 0.1) is 15.9 Å². The molecule has 1 atom stereocenters. The van der Waals surface area contributed by atoms with Crippen molar-refractivity contribution in [2.45, 2.75) is 23.8 Å². The molecule has 2 aromatic carbocycles. The molecule has 1 aliphatic heterocycles. The van der Waals surface area contributed by atoms with Crippen molar-refractivity contribution in [2.24, 2.45) is 0 Å². The second-order valence-electron chi connectivity index (χ2n) is 7.45. The van der Waals surface area contributed by atoms with Crippen molar-refractivity contribution in [3.63, 3.8) is 0 Å². The van der Waals surface area contributed by atoms with E-state index in [1.54, 1.807) is 25.1 Å². The lowest BCUT2D eigenvalue weighted by atomic mass is 9.82. The predicted octanol–water partition coefficient (Wildman–Crippen LogP) is 4.11. The highest BCUT2D eigenvalue weighted by Gasteiger charge is 2.36. The van der Waals surface area contributed by atoms with Gasteiger partial charge in [0, 0.05) is 23.6 Å². The monoisotopic (exact) mass is 482 g/mol. The van der Waals surface area contributed by atoms with Gasteiger partial charge < -0.3 is 15.0 Å². The minimum atomic E-state index is -0.855. The van der Waals surface area contributed by atoms with Gasteiger partial charge in [0.05, 0.1) is 29.1 Å². The average Bonchev–Trinajstić information content (AvgIpc) is 2.82. The molecule has 0 saturated carbocycles. The number of hydrogen-bond acceptors (Lipinski definition) is 8. The van der Waals surface area contributed by atoms with Crippen molar-refractivity contribution in [1.82, 2.24) is 9.97 Å². The number of fused-ring (bicyclic) bond motifs is 1. The number of ether oxygens (including phenoxy) is 1. The van der Waals surface area contributed by atoms with Crippen LogP contribution in [0.25, 0.3) is 0 Å². The van der Waals surface area contributed by atoms with Gasteiger partial charge in [-0.3, -0.25) is 14.9 Å². The molecule has 174 valence electrons. The smallest absolute Gasteiger partial charge is 0.336 e. The van der Waals surface area contributed by atoms with Crippen LogP contribution in [0.2, 0.25) is 0 Å². The zero-order valence-electron chi connectivity index (χ0n) is 18.1. The van der Waals surface area contributed by atoms with Crippen molar-refractivity contribution in [3.05, 3.63) is 103 Å². The van der Waals surface area contributed by atoms with E-state index >= 15 is 0 Å². The van der Waals surface area contributed by atoms with E-state index in [-0.39, 0.29) is 39.4 Å². The average molecular weight is 482 g/mol. The van der Waals surface area contributed by atoms with Crippen molar-refractivity contribution in [1.29, 1.82) is 0 Å². The molecule has 0 radical (unpaired) electrons. The van der Waals surface area contributed by atoms with Gasteiger partial charge in [-0.1, -0.05) is 42.1 Å². The summed E-state index contributed by atoms with van der Waals surface area (Å²) in [6.07, 6.45) is 0. The maximum atomic E-state index is 14.0. The number of nitro groups is 1. The first-order valence-electron chi connectivity index (χ1n) is 10.1. The maximum absolute atomic E-state index is 14.0. The Labute approximate surface area is 197 Å². The fourth-order valence-corrected chi connectivity index (χ4v) is 4.61. The van der Waals surface area contributed by atoms with Crippen LogP contribution in [-0.4, -0.2) is 28.0 Å². The second-order valence-corrected chi connectivity index (χ2v) is 8.41. The maximum Gasteiger partial charge on any atom is 0.336 e.